The second-order valence-electron chi connectivity index (χ2n) is 5.46. The van der Waals surface area contributed by atoms with Crippen LogP contribution in [0.4, 0.5) is 0 Å². The largest absolute Gasteiger partial charge is 0.264 e. The molecular weight excluding hydrogens is 302 g/mol. The van der Waals surface area contributed by atoms with E-state index in [-0.39, 0.29) is 0 Å². The van der Waals surface area contributed by atoms with E-state index in [1.165, 1.54) is 20.2 Å². The van der Waals surface area contributed by atoms with Crippen molar-refractivity contribution in [2.45, 2.75) is 0 Å². The van der Waals surface area contributed by atoms with Gasteiger partial charge in [-0.25, -0.2) is 0 Å². The van der Waals surface area contributed by atoms with Gasteiger partial charge in [-0.1, -0.05) is 18.2 Å². The fourth-order valence-corrected chi connectivity index (χ4v) is 3.99. The van der Waals surface area contributed by atoms with Crippen molar-refractivity contribution in [3.63, 3.8) is 0 Å². The van der Waals surface area contributed by atoms with E-state index in [1.807, 2.05) is 30.7 Å². The maximum atomic E-state index is 4.63. The maximum absolute atomic E-state index is 4.63. The van der Waals surface area contributed by atoms with Crippen LogP contribution in [0.2, 0.25) is 0 Å². The Balaban J connectivity index is 1.73. The van der Waals surface area contributed by atoms with Gasteiger partial charge < -0.3 is 0 Å². The molecule has 1 aromatic carbocycles. The molecule has 0 aliphatic heterocycles. The Labute approximate surface area is 136 Å². The van der Waals surface area contributed by atoms with Crippen molar-refractivity contribution in [3.8, 4) is 11.4 Å². The van der Waals surface area contributed by atoms with Crippen LogP contribution in [0.1, 0.15) is 0 Å². The van der Waals surface area contributed by atoms with Gasteiger partial charge >= 0.3 is 0 Å². The van der Waals surface area contributed by atoms with Crippen molar-refractivity contribution < 1.29 is 0 Å². The summed E-state index contributed by atoms with van der Waals surface area (Å²) >= 11 is 1.79. The molecule has 0 fully saturated rings. The third kappa shape index (κ3) is 1.99. The van der Waals surface area contributed by atoms with Gasteiger partial charge in [-0.05, 0) is 24.3 Å². The molecule has 4 aromatic heterocycles. The standard InChI is InChI=1S/C19H11N3S/c1-2-4-18-14(3-1)15-11-22-17(8-19(15)23-18)16-7-13-9-20-6-5-12(13)10-21-16/h1-11H. The molecule has 0 radical (unpaired) electrons. The van der Waals surface area contributed by atoms with Crippen LogP contribution >= 0.6 is 11.3 Å². The lowest BCUT2D eigenvalue weighted by Crippen LogP contribution is -1.87. The summed E-state index contributed by atoms with van der Waals surface area (Å²) in [5.41, 5.74) is 1.78. The second-order valence-corrected chi connectivity index (χ2v) is 6.54. The third-order valence-electron chi connectivity index (χ3n) is 4.05. The lowest BCUT2D eigenvalue weighted by molar-refractivity contribution is 1.27. The van der Waals surface area contributed by atoms with E-state index >= 15 is 0 Å². The number of benzene rings is 1. The quantitative estimate of drug-likeness (QED) is 0.434. The number of hydrogen-bond donors (Lipinski definition) is 0. The molecule has 23 heavy (non-hydrogen) atoms. The first kappa shape index (κ1) is 12.7. The molecular formula is C19H11N3S. The van der Waals surface area contributed by atoms with Crippen LogP contribution in [-0.4, -0.2) is 15.0 Å². The minimum absolute atomic E-state index is 0.879. The molecule has 0 unspecified atom stereocenters. The highest BCUT2D eigenvalue weighted by molar-refractivity contribution is 7.25. The molecule has 0 N–H and O–H groups in total. The molecule has 0 aliphatic carbocycles. The Morgan fingerprint density at radius 1 is 0.696 bits per heavy atom. The Bertz CT molecular complexity index is 1180. The number of fused-ring (bicyclic) bond motifs is 4. The van der Waals surface area contributed by atoms with Crippen molar-refractivity contribution in [2.75, 3.05) is 0 Å². The van der Waals surface area contributed by atoms with Crippen LogP contribution in [0.25, 0.3) is 42.3 Å². The minimum Gasteiger partial charge on any atom is -0.264 e. The van der Waals surface area contributed by atoms with E-state index in [9.17, 15) is 0 Å². The summed E-state index contributed by atoms with van der Waals surface area (Å²) in [6.45, 7) is 0. The summed E-state index contributed by atoms with van der Waals surface area (Å²) in [6, 6.07) is 14.6. The summed E-state index contributed by atoms with van der Waals surface area (Å²) in [6.07, 6.45) is 7.48. The van der Waals surface area contributed by atoms with Crippen LogP contribution in [0, 0.1) is 0 Å². The van der Waals surface area contributed by atoms with E-state index in [0.717, 1.165) is 22.2 Å². The summed E-state index contributed by atoms with van der Waals surface area (Å²) < 4.78 is 2.53. The van der Waals surface area contributed by atoms with Gasteiger partial charge in [-0.15, -0.1) is 11.3 Å². The Morgan fingerprint density at radius 2 is 1.57 bits per heavy atom. The molecule has 0 saturated carbocycles. The number of thiophene rings is 1. The topological polar surface area (TPSA) is 38.7 Å². The molecule has 5 aromatic rings. The average Bonchev–Trinajstić information content (AvgIpc) is 2.99. The Kier molecular flexibility index (Phi) is 2.66. The number of nitrogens with zero attached hydrogens (tertiary/aromatic N) is 3. The van der Waals surface area contributed by atoms with Gasteiger partial charge in [-0.3, -0.25) is 15.0 Å². The van der Waals surface area contributed by atoms with Crippen LogP contribution in [0.5, 0.6) is 0 Å². The van der Waals surface area contributed by atoms with Crippen molar-refractivity contribution in [3.05, 3.63) is 67.3 Å². The number of aromatic nitrogens is 3. The van der Waals surface area contributed by atoms with Gasteiger partial charge in [0.2, 0.25) is 0 Å². The average molecular weight is 313 g/mol. The lowest BCUT2D eigenvalue weighted by atomic mass is 10.1. The molecule has 0 aliphatic rings. The summed E-state index contributed by atoms with van der Waals surface area (Å²) in [4.78, 5) is 13.4. The number of rotatable bonds is 1. The number of hydrogen-bond acceptors (Lipinski definition) is 4. The molecule has 4 heteroatoms. The first-order valence-electron chi connectivity index (χ1n) is 7.36. The molecule has 5 rings (SSSR count). The number of pyridine rings is 3. The first-order chi connectivity index (χ1) is 11.4. The first-order valence-corrected chi connectivity index (χ1v) is 8.17. The van der Waals surface area contributed by atoms with Crippen molar-refractivity contribution >= 4 is 42.3 Å². The summed E-state index contributed by atoms with van der Waals surface area (Å²) in [7, 11) is 0. The third-order valence-corrected chi connectivity index (χ3v) is 5.18. The monoisotopic (exact) mass is 313 g/mol. The van der Waals surface area contributed by atoms with Gasteiger partial charge in [0.1, 0.15) is 0 Å². The molecule has 4 heterocycles. The van der Waals surface area contributed by atoms with Crippen LogP contribution in [-0.2, 0) is 0 Å². The fraction of sp³-hybridized carbons (Fsp3) is 0. The zero-order chi connectivity index (χ0) is 15.2. The highest BCUT2D eigenvalue weighted by Gasteiger charge is 2.08. The Hall–Kier alpha value is -2.85. The lowest BCUT2D eigenvalue weighted by Gasteiger charge is -2.02. The molecule has 0 spiro atoms. The summed E-state index contributed by atoms with van der Waals surface area (Å²) in [5.74, 6) is 0. The highest BCUT2D eigenvalue weighted by Crippen LogP contribution is 2.34. The van der Waals surface area contributed by atoms with E-state index < -0.39 is 0 Å². The predicted molar refractivity (Wildman–Crippen MR) is 95.7 cm³/mol. The van der Waals surface area contributed by atoms with E-state index in [1.54, 1.807) is 17.5 Å². The van der Waals surface area contributed by atoms with E-state index in [4.69, 9.17) is 0 Å². The van der Waals surface area contributed by atoms with E-state index in [2.05, 4.69) is 45.3 Å². The zero-order valence-electron chi connectivity index (χ0n) is 12.1. The van der Waals surface area contributed by atoms with Crippen molar-refractivity contribution in [2.24, 2.45) is 0 Å². The van der Waals surface area contributed by atoms with Crippen LogP contribution in [0.3, 0.4) is 0 Å². The highest BCUT2D eigenvalue weighted by atomic mass is 32.1. The smallest absolute Gasteiger partial charge is 0.0900 e. The Morgan fingerprint density at radius 3 is 2.57 bits per heavy atom. The molecule has 0 atom stereocenters. The van der Waals surface area contributed by atoms with Crippen molar-refractivity contribution in [1.29, 1.82) is 0 Å². The van der Waals surface area contributed by atoms with Gasteiger partial charge in [0.15, 0.2) is 0 Å². The van der Waals surface area contributed by atoms with Gasteiger partial charge in [0.05, 0.1) is 11.4 Å². The molecule has 0 amide bonds. The predicted octanol–water partition coefficient (Wildman–Crippen LogP) is 5.06. The molecule has 108 valence electrons. The van der Waals surface area contributed by atoms with Gasteiger partial charge in [0.25, 0.3) is 0 Å². The minimum atomic E-state index is 0.879. The molecule has 3 nitrogen and oxygen atoms in total. The molecule has 0 bridgehead atoms. The van der Waals surface area contributed by atoms with Crippen LogP contribution in [0.15, 0.2) is 67.3 Å². The SMILES string of the molecule is c1ccc2c(c1)sc1cc(-c3cc4cnccc4cn3)ncc12. The van der Waals surface area contributed by atoms with Crippen LogP contribution < -0.4 is 0 Å². The van der Waals surface area contributed by atoms with Gasteiger partial charge in [-0.2, -0.15) is 0 Å². The molecule has 0 saturated heterocycles. The fourth-order valence-electron chi connectivity index (χ4n) is 2.88. The van der Waals surface area contributed by atoms with Crippen molar-refractivity contribution in [1.82, 2.24) is 15.0 Å². The normalized spacial score (nSPS) is 11.5. The van der Waals surface area contributed by atoms with E-state index in [0.29, 0.717) is 0 Å². The summed E-state index contributed by atoms with van der Waals surface area (Å²) in [5, 5.41) is 4.64. The van der Waals surface area contributed by atoms with Gasteiger partial charge in [0, 0.05) is 55.7 Å². The maximum Gasteiger partial charge on any atom is 0.0900 e. The second kappa shape index (κ2) is 4.83. The zero-order valence-corrected chi connectivity index (χ0v) is 12.9.